The van der Waals surface area contributed by atoms with Crippen molar-refractivity contribution in [1.82, 2.24) is 15.0 Å². The van der Waals surface area contributed by atoms with Crippen LogP contribution in [0.1, 0.15) is 51.4 Å². The summed E-state index contributed by atoms with van der Waals surface area (Å²) in [6.07, 6.45) is 2.61. The third-order valence-electron chi connectivity index (χ3n) is 3.45. The second-order valence-corrected chi connectivity index (χ2v) is 6.19. The number of aromatic nitrogens is 2. The number of hydrogen-bond donors (Lipinski definition) is 1. The van der Waals surface area contributed by atoms with Crippen molar-refractivity contribution in [3.8, 4) is 0 Å². The van der Waals surface area contributed by atoms with Crippen LogP contribution in [0.3, 0.4) is 0 Å². The third-order valence-corrected chi connectivity index (χ3v) is 3.45. The number of rotatable bonds is 6. The first-order chi connectivity index (χ1) is 9.48. The second-order valence-electron chi connectivity index (χ2n) is 6.19. The van der Waals surface area contributed by atoms with E-state index in [1.54, 1.807) is 0 Å². The maximum atomic E-state index is 5.96. The molecule has 2 rings (SSSR count). The number of aryl methyl sites for hydroxylation is 1. The van der Waals surface area contributed by atoms with Gasteiger partial charge in [0.2, 0.25) is 11.7 Å². The molecule has 114 valence electrons. The maximum Gasteiger partial charge on any atom is 0.226 e. The van der Waals surface area contributed by atoms with Crippen LogP contribution in [0.25, 0.3) is 0 Å². The minimum absolute atomic E-state index is 0.0707. The van der Waals surface area contributed by atoms with Crippen molar-refractivity contribution in [2.24, 2.45) is 5.73 Å². The fraction of sp³-hybridized carbons (Fsp3) is 0.857. The van der Waals surface area contributed by atoms with Crippen molar-refractivity contribution in [3.05, 3.63) is 11.7 Å². The van der Waals surface area contributed by atoms with E-state index in [9.17, 15) is 0 Å². The van der Waals surface area contributed by atoms with Gasteiger partial charge < -0.3 is 15.0 Å². The van der Waals surface area contributed by atoms with Crippen LogP contribution in [0.2, 0.25) is 0 Å². The summed E-state index contributed by atoms with van der Waals surface area (Å²) in [7, 11) is 0. The Morgan fingerprint density at radius 2 is 2.25 bits per heavy atom. The van der Waals surface area contributed by atoms with Gasteiger partial charge in [0, 0.05) is 25.0 Å². The normalized spacial score (nSPS) is 21.3. The van der Waals surface area contributed by atoms with Crippen molar-refractivity contribution in [2.45, 2.75) is 51.7 Å². The van der Waals surface area contributed by atoms with Crippen LogP contribution >= 0.6 is 0 Å². The third kappa shape index (κ3) is 4.54. The van der Waals surface area contributed by atoms with Crippen LogP contribution in [0.15, 0.2) is 4.52 Å². The summed E-state index contributed by atoms with van der Waals surface area (Å²) in [6.45, 7) is 9.82. The van der Waals surface area contributed by atoms with Gasteiger partial charge in [-0.25, -0.2) is 0 Å². The SMILES string of the molecule is CCCN1CCOC(c2noc(CCC(C)(C)N)n2)C1. The molecule has 6 heteroatoms. The number of hydrogen-bond acceptors (Lipinski definition) is 6. The van der Waals surface area contributed by atoms with Gasteiger partial charge in [0.25, 0.3) is 0 Å². The summed E-state index contributed by atoms with van der Waals surface area (Å²) in [5, 5.41) is 4.06. The Labute approximate surface area is 120 Å². The topological polar surface area (TPSA) is 77.4 Å². The minimum atomic E-state index is -0.214. The molecule has 2 N–H and O–H groups in total. The zero-order chi connectivity index (χ0) is 14.6. The zero-order valence-electron chi connectivity index (χ0n) is 12.8. The van der Waals surface area contributed by atoms with Crippen LogP contribution in [-0.2, 0) is 11.2 Å². The molecule has 0 aliphatic carbocycles. The smallest absolute Gasteiger partial charge is 0.226 e. The summed E-state index contributed by atoms with van der Waals surface area (Å²) in [4.78, 5) is 6.83. The van der Waals surface area contributed by atoms with Crippen molar-refractivity contribution < 1.29 is 9.26 Å². The van der Waals surface area contributed by atoms with Gasteiger partial charge in [-0.05, 0) is 33.2 Å². The number of ether oxygens (including phenoxy) is 1. The van der Waals surface area contributed by atoms with Gasteiger partial charge in [0.1, 0.15) is 6.10 Å². The summed E-state index contributed by atoms with van der Waals surface area (Å²) in [5.41, 5.74) is 5.75. The highest BCUT2D eigenvalue weighted by Gasteiger charge is 2.26. The van der Waals surface area contributed by atoms with E-state index in [1.807, 2.05) is 13.8 Å². The lowest BCUT2D eigenvalue weighted by atomic mass is 10.0. The Balaban J connectivity index is 1.91. The molecule has 1 saturated heterocycles. The van der Waals surface area contributed by atoms with E-state index >= 15 is 0 Å². The molecule has 1 aliphatic rings. The Morgan fingerprint density at radius 3 is 2.95 bits per heavy atom. The molecule has 1 aromatic rings. The highest BCUT2D eigenvalue weighted by molar-refractivity contribution is 4.95. The molecule has 0 bridgehead atoms. The van der Waals surface area contributed by atoms with Crippen LogP contribution in [0.4, 0.5) is 0 Å². The van der Waals surface area contributed by atoms with E-state index in [4.69, 9.17) is 15.0 Å². The Morgan fingerprint density at radius 1 is 1.45 bits per heavy atom. The maximum absolute atomic E-state index is 5.96. The van der Waals surface area contributed by atoms with Gasteiger partial charge in [-0.1, -0.05) is 12.1 Å². The molecule has 1 aliphatic heterocycles. The van der Waals surface area contributed by atoms with Crippen LogP contribution in [-0.4, -0.2) is 46.8 Å². The average molecular weight is 282 g/mol. The quantitative estimate of drug-likeness (QED) is 0.852. The van der Waals surface area contributed by atoms with E-state index in [0.29, 0.717) is 18.1 Å². The molecule has 0 aromatic carbocycles. The first-order valence-electron chi connectivity index (χ1n) is 7.43. The largest absolute Gasteiger partial charge is 0.367 e. The minimum Gasteiger partial charge on any atom is -0.367 e. The second kappa shape index (κ2) is 6.65. The Kier molecular flexibility index (Phi) is 5.12. The molecule has 1 aromatic heterocycles. The standard InChI is InChI=1S/C14H26N4O2/c1-4-7-18-8-9-19-11(10-18)13-16-12(20-17-13)5-6-14(2,3)15/h11H,4-10,15H2,1-3H3. The summed E-state index contributed by atoms with van der Waals surface area (Å²) in [5.74, 6) is 1.31. The molecule has 0 spiro atoms. The molecule has 1 fully saturated rings. The molecule has 2 heterocycles. The first-order valence-corrected chi connectivity index (χ1v) is 7.43. The molecule has 1 unspecified atom stereocenters. The van der Waals surface area contributed by atoms with Crippen molar-refractivity contribution in [1.29, 1.82) is 0 Å². The van der Waals surface area contributed by atoms with E-state index in [2.05, 4.69) is 22.0 Å². The summed E-state index contributed by atoms with van der Waals surface area (Å²) < 4.78 is 11.0. The van der Waals surface area contributed by atoms with Crippen LogP contribution < -0.4 is 5.73 Å². The highest BCUT2D eigenvalue weighted by Crippen LogP contribution is 2.20. The van der Waals surface area contributed by atoms with E-state index in [-0.39, 0.29) is 11.6 Å². The van der Waals surface area contributed by atoms with Crippen molar-refractivity contribution in [3.63, 3.8) is 0 Å². The number of nitrogens with two attached hydrogens (primary N) is 1. The first kappa shape index (κ1) is 15.4. The summed E-state index contributed by atoms with van der Waals surface area (Å²) in [6, 6.07) is 0. The Hall–Kier alpha value is -0.980. The zero-order valence-corrected chi connectivity index (χ0v) is 12.8. The van der Waals surface area contributed by atoms with Gasteiger partial charge in [-0.2, -0.15) is 4.98 Å². The molecule has 6 nitrogen and oxygen atoms in total. The number of nitrogens with zero attached hydrogens (tertiary/aromatic N) is 3. The van der Waals surface area contributed by atoms with Crippen LogP contribution in [0, 0.1) is 0 Å². The number of morpholine rings is 1. The average Bonchev–Trinajstić information content (AvgIpc) is 2.85. The molecular formula is C14H26N4O2. The van der Waals surface area contributed by atoms with Gasteiger partial charge in [0.05, 0.1) is 6.61 Å². The monoisotopic (exact) mass is 282 g/mol. The molecule has 0 saturated carbocycles. The molecule has 0 amide bonds. The predicted molar refractivity (Wildman–Crippen MR) is 76.3 cm³/mol. The van der Waals surface area contributed by atoms with E-state index in [1.165, 1.54) is 0 Å². The highest BCUT2D eigenvalue weighted by atomic mass is 16.5. The van der Waals surface area contributed by atoms with Crippen LogP contribution in [0.5, 0.6) is 0 Å². The van der Waals surface area contributed by atoms with Crippen molar-refractivity contribution in [2.75, 3.05) is 26.2 Å². The molecule has 0 radical (unpaired) electrons. The lowest BCUT2D eigenvalue weighted by molar-refractivity contribution is -0.0350. The van der Waals surface area contributed by atoms with E-state index < -0.39 is 0 Å². The van der Waals surface area contributed by atoms with E-state index in [0.717, 1.165) is 39.1 Å². The molecular weight excluding hydrogens is 256 g/mol. The summed E-state index contributed by atoms with van der Waals surface area (Å²) >= 11 is 0. The Bertz CT molecular complexity index is 412. The van der Waals surface area contributed by atoms with Gasteiger partial charge in [-0.3, -0.25) is 4.90 Å². The molecule has 20 heavy (non-hydrogen) atoms. The molecule has 1 atom stereocenters. The van der Waals surface area contributed by atoms with Gasteiger partial charge >= 0.3 is 0 Å². The lowest BCUT2D eigenvalue weighted by Gasteiger charge is -2.30. The van der Waals surface area contributed by atoms with Crippen molar-refractivity contribution >= 4 is 0 Å². The predicted octanol–water partition coefficient (Wildman–Crippen LogP) is 1.52. The van der Waals surface area contributed by atoms with Gasteiger partial charge in [-0.15, -0.1) is 0 Å². The van der Waals surface area contributed by atoms with Gasteiger partial charge in [0.15, 0.2) is 0 Å². The lowest BCUT2D eigenvalue weighted by Crippen LogP contribution is -2.39. The fourth-order valence-electron chi connectivity index (χ4n) is 2.31. The fourth-order valence-corrected chi connectivity index (χ4v) is 2.31.